The van der Waals surface area contributed by atoms with Crippen LogP contribution in [0.3, 0.4) is 0 Å². The van der Waals surface area contributed by atoms with Crippen LogP contribution in [-0.4, -0.2) is 17.6 Å². The van der Waals surface area contributed by atoms with Crippen LogP contribution in [0.5, 0.6) is 0 Å². The maximum atomic E-state index is 6.24. The standard InChI is InChI=1S/C12H16BrClN2/c1-8-4-3-5-16(9(8)2)12-11(14)6-10(13)7-15-12/h6-9H,3-5H2,1-2H3. The second-order valence-electron chi connectivity index (χ2n) is 4.51. The second-order valence-corrected chi connectivity index (χ2v) is 5.84. The van der Waals surface area contributed by atoms with E-state index in [9.17, 15) is 0 Å². The molecule has 1 fully saturated rings. The Bertz CT molecular complexity index is 383. The number of halogens is 2. The van der Waals surface area contributed by atoms with Gasteiger partial charge < -0.3 is 4.90 Å². The molecule has 1 aromatic heterocycles. The molecule has 16 heavy (non-hydrogen) atoms. The van der Waals surface area contributed by atoms with E-state index in [-0.39, 0.29) is 0 Å². The van der Waals surface area contributed by atoms with Crippen LogP contribution in [0.1, 0.15) is 26.7 Å². The van der Waals surface area contributed by atoms with Gasteiger partial charge in [-0.05, 0) is 47.7 Å². The van der Waals surface area contributed by atoms with Crippen LogP contribution in [0.15, 0.2) is 16.7 Å². The second kappa shape index (κ2) is 4.92. The van der Waals surface area contributed by atoms with Gasteiger partial charge in [-0.15, -0.1) is 0 Å². The summed E-state index contributed by atoms with van der Waals surface area (Å²) in [5.74, 6) is 1.62. The smallest absolute Gasteiger partial charge is 0.147 e. The first-order valence-electron chi connectivity index (χ1n) is 5.67. The lowest BCUT2D eigenvalue weighted by atomic mass is 9.92. The molecule has 1 aliphatic rings. The summed E-state index contributed by atoms with van der Waals surface area (Å²) in [5.41, 5.74) is 0. The van der Waals surface area contributed by atoms with Crippen LogP contribution >= 0.6 is 27.5 Å². The van der Waals surface area contributed by atoms with E-state index in [1.54, 1.807) is 0 Å². The molecule has 0 spiro atoms. The number of rotatable bonds is 1. The molecule has 0 aliphatic carbocycles. The Morgan fingerprint density at radius 2 is 2.25 bits per heavy atom. The van der Waals surface area contributed by atoms with Crippen LogP contribution in [-0.2, 0) is 0 Å². The fourth-order valence-electron chi connectivity index (χ4n) is 2.25. The van der Waals surface area contributed by atoms with E-state index in [1.165, 1.54) is 12.8 Å². The molecule has 2 nitrogen and oxygen atoms in total. The fourth-order valence-corrected chi connectivity index (χ4v) is 2.99. The highest BCUT2D eigenvalue weighted by molar-refractivity contribution is 9.10. The SMILES string of the molecule is CC1CCCN(c2ncc(Br)cc2Cl)C1C. The number of hydrogen-bond donors (Lipinski definition) is 0. The van der Waals surface area contributed by atoms with E-state index in [0.717, 1.165) is 21.9 Å². The predicted molar refractivity (Wildman–Crippen MR) is 72.2 cm³/mol. The third-order valence-electron chi connectivity index (χ3n) is 3.43. The molecule has 0 radical (unpaired) electrons. The third kappa shape index (κ3) is 2.35. The average molecular weight is 304 g/mol. The minimum absolute atomic E-state index is 0.514. The van der Waals surface area contributed by atoms with Gasteiger partial charge in [0.05, 0.1) is 5.02 Å². The molecule has 88 valence electrons. The molecule has 2 rings (SSSR count). The molecule has 1 aliphatic heterocycles. The first kappa shape index (κ1) is 12.2. The summed E-state index contributed by atoms with van der Waals surface area (Å²) in [7, 11) is 0. The minimum Gasteiger partial charge on any atom is -0.352 e. The molecular weight excluding hydrogens is 288 g/mol. The van der Waals surface area contributed by atoms with E-state index in [1.807, 2.05) is 12.3 Å². The Balaban J connectivity index is 2.29. The van der Waals surface area contributed by atoms with Crippen molar-refractivity contribution in [2.45, 2.75) is 32.7 Å². The van der Waals surface area contributed by atoms with Crippen molar-refractivity contribution >= 4 is 33.3 Å². The highest BCUT2D eigenvalue weighted by Gasteiger charge is 2.26. The lowest BCUT2D eigenvalue weighted by Gasteiger charge is -2.39. The van der Waals surface area contributed by atoms with Crippen molar-refractivity contribution in [3.8, 4) is 0 Å². The monoisotopic (exact) mass is 302 g/mol. The van der Waals surface area contributed by atoms with Gasteiger partial charge in [0.2, 0.25) is 0 Å². The zero-order valence-electron chi connectivity index (χ0n) is 9.58. The summed E-state index contributed by atoms with van der Waals surface area (Å²) >= 11 is 9.62. The van der Waals surface area contributed by atoms with Crippen LogP contribution in [0.2, 0.25) is 5.02 Å². The molecule has 2 atom stereocenters. The van der Waals surface area contributed by atoms with Gasteiger partial charge in [0.1, 0.15) is 5.82 Å². The van der Waals surface area contributed by atoms with E-state index < -0.39 is 0 Å². The zero-order valence-corrected chi connectivity index (χ0v) is 11.9. The zero-order chi connectivity index (χ0) is 11.7. The number of pyridine rings is 1. The highest BCUT2D eigenvalue weighted by atomic mass is 79.9. The molecule has 2 unspecified atom stereocenters. The Kier molecular flexibility index (Phi) is 3.75. The Morgan fingerprint density at radius 3 is 2.94 bits per heavy atom. The topological polar surface area (TPSA) is 16.1 Å². The summed E-state index contributed by atoms with van der Waals surface area (Å²) < 4.78 is 0.930. The van der Waals surface area contributed by atoms with Gasteiger partial charge in [0.15, 0.2) is 0 Å². The molecule has 0 bridgehead atoms. The third-order valence-corrected chi connectivity index (χ3v) is 4.15. The number of anilines is 1. The number of piperidine rings is 1. The molecular formula is C12H16BrClN2. The summed E-state index contributed by atoms with van der Waals surface area (Å²) in [6, 6.07) is 2.43. The van der Waals surface area contributed by atoms with Crippen molar-refractivity contribution in [3.05, 3.63) is 21.8 Å². The van der Waals surface area contributed by atoms with Crippen LogP contribution in [0.4, 0.5) is 5.82 Å². The number of nitrogens with zero attached hydrogens (tertiary/aromatic N) is 2. The molecule has 1 saturated heterocycles. The predicted octanol–water partition coefficient (Wildman–Crippen LogP) is 4.12. The van der Waals surface area contributed by atoms with Crippen molar-refractivity contribution in [1.82, 2.24) is 4.98 Å². The first-order chi connectivity index (χ1) is 7.59. The summed E-state index contributed by atoms with van der Waals surface area (Å²) in [4.78, 5) is 6.76. The molecule has 4 heteroatoms. The number of aromatic nitrogens is 1. The van der Waals surface area contributed by atoms with Gasteiger partial charge in [-0.2, -0.15) is 0 Å². The van der Waals surface area contributed by atoms with Gasteiger partial charge >= 0.3 is 0 Å². The molecule has 0 amide bonds. The molecule has 0 saturated carbocycles. The van der Waals surface area contributed by atoms with Gasteiger partial charge in [-0.25, -0.2) is 4.98 Å². The van der Waals surface area contributed by atoms with Gasteiger partial charge in [-0.3, -0.25) is 0 Å². The first-order valence-corrected chi connectivity index (χ1v) is 6.84. The normalized spacial score (nSPS) is 25.9. The summed E-state index contributed by atoms with van der Waals surface area (Å²) in [5, 5.41) is 0.732. The van der Waals surface area contributed by atoms with E-state index >= 15 is 0 Å². The molecule has 0 N–H and O–H groups in total. The van der Waals surface area contributed by atoms with E-state index in [2.05, 4.69) is 39.7 Å². The van der Waals surface area contributed by atoms with Crippen LogP contribution < -0.4 is 4.90 Å². The maximum Gasteiger partial charge on any atom is 0.147 e. The summed E-state index contributed by atoms with van der Waals surface area (Å²) in [6.07, 6.45) is 4.33. The van der Waals surface area contributed by atoms with Crippen molar-refractivity contribution in [2.24, 2.45) is 5.92 Å². The molecule has 2 heterocycles. The van der Waals surface area contributed by atoms with Gasteiger partial charge in [0, 0.05) is 23.3 Å². The largest absolute Gasteiger partial charge is 0.352 e. The van der Waals surface area contributed by atoms with E-state index in [4.69, 9.17) is 11.6 Å². The lowest BCUT2D eigenvalue weighted by Crippen LogP contribution is -2.43. The fraction of sp³-hybridized carbons (Fsp3) is 0.583. The molecule has 1 aromatic rings. The van der Waals surface area contributed by atoms with Crippen LogP contribution in [0, 0.1) is 5.92 Å². The average Bonchev–Trinajstić information content (AvgIpc) is 2.23. The molecule has 0 aromatic carbocycles. The number of hydrogen-bond acceptors (Lipinski definition) is 2. The maximum absolute atomic E-state index is 6.24. The Hall–Kier alpha value is -0.280. The minimum atomic E-state index is 0.514. The van der Waals surface area contributed by atoms with Crippen molar-refractivity contribution < 1.29 is 0 Å². The summed E-state index contributed by atoms with van der Waals surface area (Å²) in [6.45, 7) is 5.60. The van der Waals surface area contributed by atoms with E-state index in [0.29, 0.717) is 12.0 Å². The van der Waals surface area contributed by atoms with Crippen molar-refractivity contribution in [2.75, 3.05) is 11.4 Å². The lowest BCUT2D eigenvalue weighted by molar-refractivity contribution is 0.361. The van der Waals surface area contributed by atoms with Crippen molar-refractivity contribution in [3.63, 3.8) is 0 Å². The highest BCUT2D eigenvalue weighted by Crippen LogP contribution is 2.32. The van der Waals surface area contributed by atoms with Gasteiger partial charge in [-0.1, -0.05) is 18.5 Å². The quantitative estimate of drug-likeness (QED) is 0.776. The van der Waals surface area contributed by atoms with Gasteiger partial charge in [0.25, 0.3) is 0 Å². The van der Waals surface area contributed by atoms with Crippen LogP contribution in [0.25, 0.3) is 0 Å². The Labute approximate surface area is 110 Å². The Morgan fingerprint density at radius 1 is 1.50 bits per heavy atom. The van der Waals surface area contributed by atoms with Crippen molar-refractivity contribution in [1.29, 1.82) is 0 Å².